The summed E-state index contributed by atoms with van der Waals surface area (Å²) in [4.78, 5) is 11.3. The summed E-state index contributed by atoms with van der Waals surface area (Å²) in [6.45, 7) is 3.98. The van der Waals surface area contributed by atoms with E-state index in [1.54, 1.807) is 25.3 Å². The fourth-order valence-corrected chi connectivity index (χ4v) is 2.17. The summed E-state index contributed by atoms with van der Waals surface area (Å²) in [5, 5.41) is 9.27. The molecule has 0 bridgehead atoms. The molecule has 0 amide bonds. The molecule has 0 aromatic heterocycles. The van der Waals surface area contributed by atoms with Gasteiger partial charge in [-0.3, -0.25) is 0 Å². The van der Waals surface area contributed by atoms with Crippen LogP contribution in [0.15, 0.2) is 36.4 Å². The lowest BCUT2D eigenvalue weighted by atomic mass is 9.95. The lowest BCUT2D eigenvalue weighted by Crippen LogP contribution is -2.01. The number of rotatable bonds is 3. The van der Waals surface area contributed by atoms with Gasteiger partial charge in [0.05, 0.1) is 12.7 Å². The molecule has 0 aliphatic heterocycles. The average molecular weight is 256 g/mol. The summed E-state index contributed by atoms with van der Waals surface area (Å²) < 4.78 is 5.45. The highest BCUT2D eigenvalue weighted by molar-refractivity contribution is 5.97. The third kappa shape index (κ3) is 2.32. The number of ether oxygens (including phenoxy) is 1. The van der Waals surface area contributed by atoms with Crippen LogP contribution in [0.2, 0.25) is 0 Å². The molecule has 0 heterocycles. The second-order valence-corrected chi connectivity index (χ2v) is 4.44. The molecule has 0 atom stereocenters. The van der Waals surface area contributed by atoms with Crippen molar-refractivity contribution >= 4 is 5.97 Å². The Bertz CT molecular complexity index is 630. The van der Waals surface area contributed by atoms with Gasteiger partial charge in [-0.25, -0.2) is 4.79 Å². The van der Waals surface area contributed by atoms with Gasteiger partial charge in [0.2, 0.25) is 0 Å². The predicted octanol–water partition coefficient (Wildman–Crippen LogP) is 3.68. The van der Waals surface area contributed by atoms with Crippen molar-refractivity contribution in [2.75, 3.05) is 7.11 Å². The molecular weight excluding hydrogens is 240 g/mol. The Kier molecular flexibility index (Phi) is 3.56. The number of methoxy groups -OCH3 is 1. The predicted molar refractivity (Wildman–Crippen MR) is 74.9 cm³/mol. The van der Waals surface area contributed by atoms with Gasteiger partial charge in [-0.05, 0) is 36.6 Å². The third-order valence-corrected chi connectivity index (χ3v) is 3.33. The number of carboxylic acids is 1. The highest BCUT2D eigenvalue weighted by atomic mass is 16.5. The highest BCUT2D eigenvalue weighted by Crippen LogP contribution is 2.36. The van der Waals surface area contributed by atoms with Gasteiger partial charge in [-0.15, -0.1) is 0 Å². The molecule has 0 radical (unpaired) electrons. The van der Waals surface area contributed by atoms with Crippen LogP contribution in [0.3, 0.4) is 0 Å². The minimum atomic E-state index is -0.934. The standard InChI is InChI=1S/C16H16O3/c1-10-8-9-13(15(19-3)11(10)2)12-6-4-5-7-14(12)16(17)18/h4-9H,1-3H3,(H,17,18). The Hall–Kier alpha value is -2.29. The van der Waals surface area contributed by atoms with Crippen LogP contribution in [-0.4, -0.2) is 18.2 Å². The fourth-order valence-electron chi connectivity index (χ4n) is 2.17. The van der Waals surface area contributed by atoms with Crippen molar-refractivity contribution in [1.82, 2.24) is 0 Å². The zero-order chi connectivity index (χ0) is 14.0. The van der Waals surface area contributed by atoms with E-state index in [4.69, 9.17) is 4.74 Å². The van der Waals surface area contributed by atoms with E-state index in [-0.39, 0.29) is 5.56 Å². The zero-order valence-electron chi connectivity index (χ0n) is 11.2. The summed E-state index contributed by atoms with van der Waals surface area (Å²) in [6, 6.07) is 10.8. The van der Waals surface area contributed by atoms with E-state index in [0.29, 0.717) is 5.56 Å². The molecule has 98 valence electrons. The monoisotopic (exact) mass is 256 g/mol. The maximum atomic E-state index is 11.3. The molecule has 2 aromatic rings. The largest absolute Gasteiger partial charge is 0.496 e. The molecule has 2 aromatic carbocycles. The first-order chi connectivity index (χ1) is 9.06. The van der Waals surface area contributed by atoms with Crippen LogP contribution in [0.4, 0.5) is 0 Å². The smallest absolute Gasteiger partial charge is 0.336 e. The van der Waals surface area contributed by atoms with Crippen molar-refractivity contribution in [2.45, 2.75) is 13.8 Å². The number of hydrogen-bond donors (Lipinski definition) is 1. The lowest BCUT2D eigenvalue weighted by Gasteiger charge is -2.15. The molecule has 0 spiro atoms. The summed E-state index contributed by atoms with van der Waals surface area (Å²) in [6.07, 6.45) is 0. The van der Waals surface area contributed by atoms with E-state index in [1.807, 2.05) is 32.0 Å². The number of hydrogen-bond acceptors (Lipinski definition) is 2. The Labute approximate surface area is 112 Å². The Balaban J connectivity index is 2.73. The molecule has 0 unspecified atom stereocenters. The molecular formula is C16H16O3. The molecule has 19 heavy (non-hydrogen) atoms. The normalized spacial score (nSPS) is 10.3. The number of carboxylic acid groups (broad SMARTS) is 1. The van der Waals surface area contributed by atoms with Gasteiger partial charge in [-0.2, -0.15) is 0 Å². The fraction of sp³-hybridized carbons (Fsp3) is 0.188. The van der Waals surface area contributed by atoms with E-state index in [1.165, 1.54) is 0 Å². The number of benzene rings is 2. The van der Waals surface area contributed by atoms with Gasteiger partial charge in [0.25, 0.3) is 0 Å². The molecule has 3 nitrogen and oxygen atoms in total. The minimum Gasteiger partial charge on any atom is -0.496 e. The van der Waals surface area contributed by atoms with Crippen molar-refractivity contribution in [3.05, 3.63) is 53.1 Å². The number of carbonyl (C=O) groups is 1. The second-order valence-electron chi connectivity index (χ2n) is 4.44. The van der Waals surface area contributed by atoms with Crippen molar-refractivity contribution in [2.24, 2.45) is 0 Å². The van der Waals surface area contributed by atoms with Crippen LogP contribution in [0.25, 0.3) is 11.1 Å². The Morgan fingerprint density at radius 3 is 2.37 bits per heavy atom. The summed E-state index contributed by atoms with van der Waals surface area (Å²) >= 11 is 0. The van der Waals surface area contributed by atoms with Crippen LogP contribution in [0, 0.1) is 13.8 Å². The minimum absolute atomic E-state index is 0.282. The molecule has 0 saturated carbocycles. The van der Waals surface area contributed by atoms with Crippen LogP contribution in [-0.2, 0) is 0 Å². The van der Waals surface area contributed by atoms with E-state index >= 15 is 0 Å². The molecule has 1 N–H and O–H groups in total. The van der Waals surface area contributed by atoms with Crippen molar-refractivity contribution < 1.29 is 14.6 Å². The maximum absolute atomic E-state index is 11.3. The number of aromatic carboxylic acids is 1. The zero-order valence-corrected chi connectivity index (χ0v) is 11.2. The van der Waals surface area contributed by atoms with E-state index in [9.17, 15) is 9.90 Å². The SMILES string of the molecule is COc1c(-c2ccccc2C(=O)O)ccc(C)c1C. The number of aryl methyl sites for hydroxylation is 1. The molecule has 3 heteroatoms. The van der Waals surface area contributed by atoms with Crippen molar-refractivity contribution in [1.29, 1.82) is 0 Å². The molecule has 0 fully saturated rings. The molecule has 0 aliphatic rings. The Morgan fingerprint density at radius 2 is 1.74 bits per heavy atom. The van der Waals surface area contributed by atoms with Crippen molar-refractivity contribution in [3.63, 3.8) is 0 Å². The van der Waals surface area contributed by atoms with Crippen molar-refractivity contribution in [3.8, 4) is 16.9 Å². The van der Waals surface area contributed by atoms with E-state index < -0.39 is 5.97 Å². The van der Waals surface area contributed by atoms with Gasteiger partial charge in [0.15, 0.2) is 0 Å². The van der Waals surface area contributed by atoms with Crippen LogP contribution in [0.5, 0.6) is 5.75 Å². The molecule has 0 saturated heterocycles. The van der Waals surface area contributed by atoms with Gasteiger partial charge in [0, 0.05) is 5.56 Å². The molecule has 2 rings (SSSR count). The van der Waals surface area contributed by atoms with Gasteiger partial charge < -0.3 is 9.84 Å². The first-order valence-electron chi connectivity index (χ1n) is 6.03. The maximum Gasteiger partial charge on any atom is 0.336 e. The van der Waals surface area contributed by atoms with Gasteiger partial charge in [-0.1, -0.05) is 30.3 Å². The van der Waals surface area contributed by atoms with E-state index in [0.717, 1.165) is 22.4 Å². The summed E-state index contributed by atoms with van der Waals surface area (Å²) in [5.74, 6) is -0.204. The quantitative estimate of drug-likeness (QED) is 0.911. The summed E-state index contributed by atoms with van der Waals surface area (Å²) in [5.41, 5.74) is 3.91. The van der Waals surface area contributed by atoms with Gasteiger partial charge >= 0.3 is 5.97 Å². The molecule has 0 aliphatic carbocycles. The third-order valence-electron chi connectivity index (χ3n) is 3.33. The van der Waals surface area contributed by atoms with Gasteiger partial charge in [0.1, 0.15) is 5.75 Å². The Morgan fingerprint density at radius 1 is 1.05 bits per heavy atom. The topological polar surface area (TPSA) is 46.5 Å². The lowest BCUT2D eigenvalue weighted by molar-refractivity contribution is 0.0697. The van der Waals surface area contributed by atoms with Crippen LogP contribution >= 0.6 is 0 Å². The highest BCUT2D eigenvalue weighted by Gasteiger charge is 2.16. The second kappa shape index (κ2) is 5.14. The first-order valence-corrected chi connectivity index (χ1v) is 6.03. The summed E-state index contributed by atoms with van der Waals surface area (Å²) in [7, 11) is 1.61. The first kappa shape index (κ1) is 13.1. The average Bonchev–Trinajstić information content (AvgIpc) is 2.41. The van der Waals surface area contributed by atoms with Crippen LogP contribution in [0.1, 0.15) is 21.5 Å². The van der Waals surface area contributed by atoms with E-state index in [2.05, 4.69) is 0 Å². The van der Waals surface area contributed by atoms with Crippen LogP contribution < -0.4 is 4.74 Å².